The highest BCUT2D eigenvalue weighted by molar-refractivity contribution is 5.86. The Kier molecular flexibility index (Phi) is 44.1. The quantitative estimate of drug-likeness (QED) is 0.0225. The Morgan fingerprint density at radius 3 is 1.38 bits per heavy atom. The topological polar surface area (TPSA) is 406 Å². The molecule has 5 amide bonds. The van der Waals surface area contributed by atoms with E-state index in [1.54, 1.807) is 14.1 Å². The van der Waals surface area contributed by atoms with Gasteiger partial charge >= 0.3 is 0 Å². The van der Waals surface area contributed by atoms with Crippen LogP contribution >= 0.6 is 0 Å². The van der Waals surface area contributed by atoms with E-state index in [0.717, 1.165) is 101 Å². The maximum atomic E-state index is 11.7. The number of piperidine rings is 1. The lowest BCUT2D eigenvalue weighted by molar-refractivity contribution is -0.125. The van der Waals surface area contributed by atoms with Gasteiger partial charge in [-0.15, -0.1) is 0 Å². The number of nitrogens with one attached hydrogen (secondary N) is 4. The normalized spacial score (nSPS) is 19.8. The first-order valence-corrected chi connectivity index (χ1v) is 45.9. The molecule has 26 nitrogen and oxygen atoms in total. The number of carbonyl (C=O) groups excluding carboxylic acids is 5. The average molecular weight is 1820 g/mol. The van der Waals surface area contributed by atoms with Gasteiger partial charge in [-0.3, -0.25) is 54.2 Å². The molecule has 9 unspecified atom stereocenters. The molecule has 0 saturated carbocycles. The number of hydrogen-bond acceptors (Lipinski definition) is 21. The highest BCUT2D eigenvalue weighted by Gasteiger charge is 2.41. The molecule has 2 saturated heterocycles. The molecule has 714 valence electrons. The first-order chi connectivity index (χ1) is 64.0. The number of nitrogens with zero attached hydrogens (tertiary/aromatic N) is 5. The van der Waals surface area contributed by atoms with Crippen LogP contribution in [0, 0.1) is 0 Å². The second kappa shape index (κ2) is 54.8. The van der Waals surface area contributed by atoms with Gasteiger partial charge in [-0.25, -0.2) is 0 Å². The zero-order chi connectivity index (χ0) is 96.5. The summed E-state index contributed by atoms with van der Waals surface area (Å²) < 4.78 is 16.4. The molecule has 6 aliphatic rings. The molecule has 16 rings (SSSR count). The molecule has 10 atom stereocenters. The third-order valence-electron chi connectivity index (χ3n) is 25.9. The van der Waals surface area contributed by atoms with Crippen molar-refractivity contribution in [2.45, 2.75) is 162 Å². The molecule has 10 aromatic carbocycles. The Morgan fingerprint density at radius 2 is 0.947 bits per heavy atom. The fourth-order valence-corrected chi connectivity index (χ4v) is 18.3. The Balaban J connectivity index is 0.000000185. The van der Waals surface area contributed by atoms with Gasteiger partial charge in [0.05, 0.1) is 57.0 Å². The number of aliphatic hydroxyl groups excluding tert-OH is 1. The molecule has 2 aliphatic carbocycles. The Morgan fingerprint density at radius 1 is 0.496 bits per heavy atom. The number of amides is 5. The fourth-order valence-electron chi connectivity index (χ4n) is 18.3. The van der Waals surface area contributed by atoms with Crippen molar-refractivity contribution < 1.29 is 43.3 Å². The van der Waals surface area contributed by atoms with Gasteiger partial charge in [0.15, 0.2) is 0 Å². The number of para-hydroxylation sites is 1. The summed E-state index contributed by atoms with van der Waals surface area (Å²) in [7, 11) is 19.2. The Labute approximate surface area is 789 Å². The summed E-state index contributed by atoms with van der Waals surface area (Å²) in [5.74, 6) is -0.835. The molecule has 26 heteroatoms. The highest BCUT2D eigenvalue weighted by Crippen LogP contribution is 2.37. The van der Waals surface area contributed by atoms with Crippen LogP contribution in [0.1, 0.15) is 123 Å². The van der Waals surface area contributed by atoms with Crippen molar-refractivity contribution in [3.63, 3.8) is 0 Å². The number of likely N-dealkylation sites (tertiary alicyclic amines) is 2. The minimum Gasteiger partial charge on any atom is -0.394 e. The number of ether oxygens (including phenoxy) is 3. The van der Waals surface area contributed by atoms with E-state index < -0.39 is 11.6 Å². The number of aryl methyl sites for hydroxylation is 1. The minimum absolute atomic E-state index is 0.0578. The van der Waals surface area contributed by atoms with E-state index >= 15 is 0 Å². The molecule has 0 bridgehead atoms. The van der Waals surface area contributed by atoms with Crippen LogP contribution in [-0.4, -0.2) is 218 Å². The maximum Gasteiger partial charge on any atom is 0.238 e. The van der Waals surface area contributed by atoms with Crippen molar-refractivity contribution in [2.24, 2.45) is 45.9 Å². The van der Waals surface area contributed by atoms with Crippen LogP contribution in [0.3, 0.4) is 0 Å². The SMILES string of the molecule is CN(C)C(Cc1ccccc1)OCN.CN1CCC(c2ccccc2)C1C(N)=O.CN1CCCC(c2ccccc2)[C@H]1C(N)=O.CN1Cc2ccccc2CC1C(N)=O.CN1c2ccccc2CC1CO.CNC(C(N)=O)C(c1ccccc1)c1ccccc1.CNC(C)(Cc1ccccc1)OCN.CNC1(C(N)=O)CCc2ccccc2C1.CNC1(OCN)Cc2ccccc2C1. The lowest BCUT2D eigenvalue weighted by atomic mass is 9.77. The van der Waals surface area contributed by atoms with E-state index in [1.165, 1.54) is 66.9 Å². The van der Waals surface area contributed by atoms with Gasteiger partial charge in [0.2, 0.25) is 29.5 Å². The number of benzene rings is 10. The summed E-state index contributed by atoms with van der Waals surface area (Å²) in [6, 6.07) is 93.3. The zero-order valence-corrected chi connectivity index (χ0v) is 79.8. The molecule has 4 aliphatic heterocycles. The Hall–Kier alpha value is -11.3. The van der Waals surface area contributed by atoms with Gasteiger partial charge in [0, 0.05) is 62.7 Å². The number of aliphatic hydroxyl groups is 1. The number of likely N-dealkylation sites (N-methyl/N-ethyl adjacent to an activating group) is 9. The lowest BCUT2D eigenvalue weighted by Crippen LogP contribution is -2.57. The average Bonchev–Trinajstić information content (AvgIpc) is 1.78. The van der Waals surface area contributed by atoms with Gasteiger partial charge in [-0.2, -0.15) is 0 Å². The summed E-state index contributed by atoms with van der Waals surface area (Å²) in [5, 5.41) is 21.5. The number of nitrogens with two attached hydrogens (primary N) is 8. The van der Waals surface area contributed by atoms with Gasteiger partial charge in [-0.05, 0) is 213 Å². The molecular formula is C107H147N17O9. The number of anilines is 1. The fraction of sp³-hybridized carbons (Fsp3) is 0.393. The standard InChI is InChI=1S/C16H18N2O.C13H18N2O.2C12H16N2O.C11H16N2O.C11H14N2O.2C11H18N2O.C10H13NO/c1-18-15(16(17)19)14(12-8-4-2-5-9-12)13-10-6-3-7-11-13;1-15-9-5-8-11(12(15)13(14)16)10-6-3-2-4-7-10;1-14-12(11(13)15)7-6-9-4-2-3-5-10(9)8-12;1-14-8-7-10(11(14)12(13)15)9-5-3-2-4-6-9;1-13-11(14-8-12)6-9-4-2-3-5-10(9)7-11;1-13-7-9-5-3-2-4-8(9)6-10(13)11(12)14;1-13(2)11(14-9-12)8-10-6-4-3-5-7-10;1-11(13-2,14-9-12)8-10-6-4-3-5-7-10;1-11-9(7-12)6-8-4-2-3-5-10(8)11/h2-11,14-15,18H,1H3,(H2,17,19);2-4,6-7,11-12H,5,8-9H2,1H3,(H2,14,16);2-5,14H,6-8H2,1H3,(H2,13,15);2-6,10-11H,7-8H2,1H3,(H2,13,15);2-5,13H,6-8,12H2,1H3;2-5,10H,6-7H2,1H3,(H2,12,14);3-7,11H,8-9,12H2,1-2H3;3-7,13H,8-9,12H2,1-2H3;2-5,9,12H,6-7H2,1H3/t;11?,12-;;;;;;;/m.0......./s1. The molecule has 10 aromatic rings. The van der Waals surface area contributed by atoms with Crippen LogP contribution in [-0.2, 0) is 96.1 Å². The van der Waals surface area contributed by atoms with E-state index in [4.69, 9.17) is 65.2 Å². The van der Waals surface area contributed by atoms with E-state index in [0.29, 0.717) is 6.42 Å². The number of fused-ring (bicyclic) bond motifs is 4. The van der Waals surface area contributed by atoms with Gasteiger partial charge in [0.1, 0.15) is 23.2 Å². The molecule has 2 fully saturated rings. The second-order valence-corrected chi connectivity index (χ2v) is 34.9. The molecule has 0 spiro atoms. The van der Waals surface area contributed by atoms with E-state index in [1.807, 2.05) is 248 Å². The first-order valence-electron chi connectivity index (χ1n) is 45.9. The van der Waals surface area contributed by atoms with Crippen molar-refractivity contribution >= 4 is 35.2 Å². The first kappa shape index (κ1) is 107. The maximum absolute atomic E-state index is 11.7. The monoisotopic (exact) mass is 1810 g/mol. The molecular weight excluding hydrogens is 1670 g/mol. The predicted molar refractivity (Wildman–Crippen MR) is 535 cm³/mol. The van der Waals surface area contributed by atoms with Crippen molar-refractivity contribution in [1.82, 2.24) is 40.9 Å². The van der Waals surface area contributed by atoms with Crippen LogP contribution in [0.5, 0.6) is 0 Å². The van der Waals surface area contributed by atoms with Gasteiger partial charge in [-0.1, -0.05) is 273 Å². The molecule has 0 radical (unpaired) electrons. The molecule has 0 aromatic heterocycles. The molecule has 4 heterocycles. The van der Waals surface area contributed by atoms with Crippen LogP contribution in [0.15, 0.2) is 279 Å². The smallest absolute Gasteiger partial charge is 0.238 e. The van der Waals surface area contributed by atoms with Gasteiger partial charge < -0.3 is 80.7 Å². The van der Waals surface area contributed by atoms with E-state index in [-0.39, 0.29) is 116 Å². The summed E-state index contributed by atoms with van der Waals surface area (Å²) in [6.45, 7) is 5.68. The minimum atomic E-state index is -0.547. The predicted octanol–water partition coefficient (Wildman–Crippen LogP) is 9.17. The number of rotatable bonds is 26. The van der Waals surface area contributed by atoms with Gasteiger partial charge in [0.25, 0.3) is 0 Å². The van der Waals surface area contributed by atoms with Crippen molar-refractivity contribution in [2.75, 3.05) is 115 Å². The van der Waals surface area contributed by atoms with Crippen molar-refractivity contribution in [3.8, 4) is 0 Å². The van der Waals surface area contributed by atoms with Crippen LogP contribution in [0.25, 0.3) is 0 Å². The van der Waals surface area contributed by atoms with Crippen molar-refractivity contribution in [1.29, 1.82) is 0 Å². The van der Waals surface area contributed by atoms with Crippen LogP contribution in [0.4, 0.5) is 5.69 Å². The third-order valence-corrected chi connectivity index (χ3v) is 25.9. The highest BCUT2D eigenvalue weighted by atomic mass is 16.5. The zero-order valence-electron chi connectivity index (χ0n) is 79.8. The number of carbonyl (C=O) groups is 5. The summed E-state index contributed by atoms with van der Waals surface area (Å²) in [6.07, 6.45) is 10.8. The van der Waals surface area contributed by atoms with Crippen LogP contribution < -0.4 is 72.0 Å². The number of hydrogen-bond donors (Lipinski definition) is 13. The summed E-state index contributed by atoms with van der Waals surface area (Å²) in [5.41, 5.74) is 59.8. The molecule has 21 N–H and O–H groups in total. The van der Waals surface area contributed by atoms with E-state index in [9.17, 15) is 24.0 Å². The number of primary amides is 5. The third kappa shape index (κ3) is 31.7. The molecule has 133 heavy (non-hydrogen) atoms. The second-order valence-electron chi connectivity index (χ2n) is 34.9. The largest absolute Gasteiger partial charge is 0.394 e. The lowest BCUT2D eigenvalue weighted by Gasteiger charge is -2.37. The Bertz CT molecular complexity index is 5030. The van der Waals surface area contributed by atoms with Crippen LogP contribution in [0.2, 0.25) is 0 Å². The summed E-state index contributed by atoms with van der Waals surface area (Å²) in [4.78, 5) is 67.5. The summed E-state index contributed by atoms with van der Waals surface area (Å²) >= 11 is 0. The van der Waals surface area contributed by atoms with E-state index in [2.05, 4.69) is 140 Å². The van der Waals surface area contributed by atoms with Crippen molar-refractivity contribution in [3.05, 3.63) is 351 Å².